The molecule has 0 aliphatic heterocycles. The molecular weight excluding hydrogens is 456 g/mol. The van der Waals surface area contributed by atoms with Gasteiger partial charge in [0.2, 0.25) is 11.1 Å². The molecule has 2 heterocycles. The highest BCUT2D eigenvalue weighted by atomic mass is 32.2. The van der Waals surface area contributed by atoms with Crippen molar-refractivity contribution in [2.24, 2.45) is 0 Å². The highest BCUT2D eigenvalue weighted by molar-refractivity contribution is 7.99. The van der Waals surface area contributed by atoms with Crippen molar-refractivity contribution in [1.82, 2.24) is 15.2 Å². The number of hydrogen-bond acceptors (Lipinski definition) is 10. The van der Waals surface area contributed by atoms with Crippen molar-refractivity contribution in [3.05, 3.63) is 40.3 Å². The maximum atomic E-state index is 12.5. The minimum absolute atomic E-state index is 0.00891. The van der Waals surface area contributed by atoms with Gasteiger partial charge in [-0.05, 0) is 36.8 Å². The number of hydrogen-bond donors (Lipinski definition) is 2. The standard InChI is InChI=1S/C20H20N4O6S2/c1-10-14(18(26)29-3)17(32-15(10)19(27)30-4)21-13(25)9-31-20-22-16(23-24-20)11-5-7-12(28-2)8-6-11/h5-8H,9H2,1-4H3,(H,21,25)(H,22,23,24). The Labute approximate surface area is 191 Å². The number of methoxy groups -OCH3 is 3. The largest absolute Gasteiger partial charge is 0.497 e. The molecule has 2 N–H and O–H groups in total. The summed E-state index contributed by atoms with van der Waals surface area (Å²) in [5.41, 5.74) is 1.33. The molecule has 0 bridgehead atoms. The van der Waals surface area contributed by atoms with E-state index in [4.69, 9.17) is 14.2 Å². The van der Waals surface area contributed by atoms with Gasteiger partial charge in [-0.2, -0.15) is 0 Å². The average molecular weight is 477 g/mol. The Kier molecular flexibility index (Phi) is 7.49. The van der Waals surface area contributed by atoms with Crippen molar-refractivity contribution < 1.29 is 28.6 Å². The normalized spacial score (nSPS) is 10.5. The number of esters is 2. The van der Waals surface area contributed by atoms with Crippen LogP contribution in [0.5, 0.6) is 5.75 Å². The summed E-state index contributed by atoms with van der Waals surface area (Å²) in [6, 6.07) is 7.30. The molecule has 0 saturated carbocycles. The molecule has 0 aliphatic rings. The second kappa shape index (κ2) is 10.3. The van der Waals surface area contributed by atoms with E-state index in [1.807, 2.05) is 24.3 Å². The van der Waals surface area contributed by atoms with Crippen LogP contribution in [0, 0.1) is 6.92 Å². The SMILES string of the molecule is COC(=O)c1sc(NC(=O)CSc2n[nH]c(-c3ccc(OC)cc3)n2)c(C(=O)OC)c1C. The predicted molar refractivity (Wildman–Crippen MR) is 119 cm³/mol. The topological polar surface area (TPSA) is 132 Å². The van der Waals surface area contributed by atoms with Crippen molar-refractivity contribution in [3.8, 4) is 17.1 Å². The monoisotopic (exact) mass is 476 g/mol. The summed E-state index contributed by atoms with van der Waals surface area (Å²) in [4.78, 5) is 41.2. The second-order valence-corrected chi connectivity index (χ2v) is 8.24. The van der Waals surface area contributed by atoms with Gasteiger partial charge in [0.1, 0.15) is 15.6 Å². The third-order valence-electron chi connectivity index (χ3n) is 4.32. The molecule has 2 aromatic heterocycles. The molecule has 0 fully saturated rings. The van der Waals surface area contributed by atoms with Crippen molar-refractivity contribution in [2.75, 3.05) is 32.4 Å². The number of thioether (sulfide) groups is 1. The third-order valence-corrected chi connectivity index (χ3v) is 6.36. The number of benzene rings is 1. The summed E-state index contributed by atoms with van der Waals surface area (Å²) < 4.78 is 14.7. The number of amides is 1. The number of nitrogens with zero attached hydrogens (tertiary/aromatic N) is 2. The molecule has 0 aliphatic carbocycles. The van der Waals surface area contributed by atoms with E-state index in [-0.39, 0.29) is 21.2 Å². The maximum absolute atomic E-state index is 12.5. The molecule has 0 spiro atoms. The lowest BCUT2D eigenvalue weighted by molar-refractivity contribution is -0.113. The molecule has 3 aromatic rings. The minimum Gasteiger partial charge on any atom is -0.497 e. The van der Waals surface area contributed by atoms with Crippen molar-refractivity contribution in [3.63, 3.8) is 0 Å². The highest BCUT2D eigenvalue weighted by Crippen LogP contribution is 2.34. The Morgan fingerprint density at radius 3 is 2.41 bits per heavy atom. The Morgan fingerprint density at radius 1 is 1.09 bits per heavy atom. The summed E-state index contributed by atoms with van der Waals surface area (Å²) >= 11 is 2.07. The van der Waals surface area contributed by atoms with E-state index in [1.165, 1.54) is 14.2 Å². The summed E-state index contributed by atoms with van der Waals surface area (Å²) in [5, 5.41) is 10.2. The number of carbonyl (C=O) groups excluding carboxylic acids is 3. The zero-order valence-electron chi connectivity index (χ0n) is 17.7. The van der Waals surface area contributed by atoms with Crippen molar-refractivity contribution in [1.29, 1.82) is 0 Å². The number of carbonyl (C=O) groups is 3. The number of aromatic amines is 1. The van der Waals surface area contributed by atoms with E-state index in [2.05, 4.69) is 20.5 Å². The lowest BCUT2D eigenvalue weighted by Crippen LogP contribution is -2.16. The van der Waals surface area contributed by atoms with Gasteiger partial charge in [-0.15, -0.1) is 16.4 Å². The van der Waals surface area contributed by atoms with Crippen LogP contribution in [0.15, 0.2) is 29.4 Å². The van der Waals surface area contributed by atoms with Gasteiger partial charge in [0.25, 0.3) is 0 Å². The Bertz CT molecular complexity index is 1140. The first-order valence-electron chi connectivity index (χ1n) is 9.17. The third kappa shape index (κ3) is 5.08. The summed E-state index contributed by atoms with van der Waals surface area (Å²) in [5.74, 6) is -0.376. The minimum atomic E-state index is -0.657. The zero-order valence-corrected chi connectivity index (χ0v) is 19.3. The fourth-order valence-electron chi connectivity index (χ4n) is 2.72. The van der Waals surface area contributed by atoms with Gasteiger partial charge in [0, 0.05) is 5.56 Å². The number of ether oxygens (including phenoxy) is 3. The van der Waals surface area contributed by atoms with Gasteiger partial charge in [-0.1, -0.05) is 11.8 Å². The first-order valence-corrected chi connectivity index (χ1v) is 11.0. The quantitative estimate of drug-likeness (QED) is 0.371. The molecule has 0 atom stereocenters. The van der Waals surface area contributed by atoms with Gasteiger partial charge < -0.3 is 19.5 Å². The van der Waals surface area contributed by atoms with Crippen molar-refractivity contribution >= 4 is 45.9 Å². The molecule has 3 rings (SSSR count). The number of rotatable bonds is 8. The first kappa shape index (κ1) is 23.3. The van der Waals surface area contributed by atoms with Crippen LogP contribution < -0.4 is 10.1 Å². The maximum Gasteiger partial charge on any atom is 0.348 e. The summed E-state index contributed by atoms with van der Waals surface area (Å²) in [6.45, 7) is 1.59. The first-order chi connectivity index (χ1) is 15.4. The number of anilines is 1. The van der Waals surface area contributed by atoms with E-state index >= 15 is 0 Å². The van der Waals surface area contributed by atoms with Crippen LogP contribution in [-0.2, 0) is 14.3 Å². The zero-order chi connectivity index (χ0) is 23.3. The van der Waals surface area contributed by atoms with E-state index in [9.17, 15) is 14.4 Å². The average Bonchev–Trinajstić information content (AvgIpc) is 3.41. The van der Waals surface area contributed by atoms with E-state index in [0.29, 0.717) is 16.5 Å². The second-order valence-electron chi connectivity index (χ2n) is 6.28. The molecule has 1 amide bonds. The Balaban J connectivity index is 1.68. The molecule has 0 radical (unpaired) electrons. The fourth-order valence-corrected chi connectivity index (χ4v) is 4.45. The van der Waals surface area contributed by atoms with Crippen LogP contribution in [0.2, 0.25) is 0 Å². The Morgan fingerprint density at radius 2 is 1.78 bits per heavy atom. The predicted octanol–water partition coefficient (Wildman–Crippen LogP) is 3.15. The summed E-state index contributed by atoms with van der Waals surface area (Å²) in [6.07, 6.45) is 0. The van der Waals surface area contributed by atoms with Gasteiger partial charge in [0.05, 0.1) is 32.6 Å². The fraction of sp³-hybridized carbons (Fsp3) is 0.250. The highest BCUT2D eigenvalue weighted by Gasteiger charge is 2.26. The molecule has 0 saturated heterocycles. The number of nitrogens with one attached hydrogen (secondary N) is 2. The van der Waals surface area contributed by atoms with Gasteiger partial charge >= 0.3 is 11.9 Å². The molecule has 168 valence electrons. The van der Waals surface area contributed by atoms with Crippen LogP contribution in [0.25, 0.3) is 11.4 Å². The van der Waals surface area contributed by atoms with E-state index in [1.54, 1.807) is 14.0 Å². The number of aromatic nitrogens is 3. The number of thiophene rings is 1. The Hall–Kier alpha value is -3.38. The van der Waals surface area contributed by atoms with E-state index in [0.717, 1.165) is 34.4 Å². The smallest absolute Gasteiger partial charge is 0.348 e. The van der Waals surface area contributed by atoms with Crippen molar-refractivity contribution in [2.45, 2.75) is 12.1 Å². The van der Waals surface area contributed by atoms with Crippen LogP contribution in [0.3, 0.4) is 0 Å². The molecule has 12 heteroatoms. The number of H-pyrrole nitrogens is 1. The van der Waals surface area contributed by atoms with Crippen LogP contribution >= 0.6 is 23.1 Å². The molecule has 1 aromatic carbocycles. The van der Waals surface area contributed by atoms with E-state index < -0.39 is 17.8 Å². The lowest BCUT2D eigenvalue weighted by Gasteiger charge is -2.05. The molecule has 32 heavy (non-hydrogen) atoms. The van der Waals surface area contributed by atoms with Crippen LogP contribution in [0.1, 0.15) is 25.6 Å². The van der Waals surface area contributed by atoms with Crippen LogP contribution in [-0.4, -0.2) is 60.1 Å². The van der Waals surface area contributed by atoms with Gasteiger partial charge in [-0.25, -0.2) is 14.6 Å². The molecule has 10 nitrogen and oxygen atoms in total. The molecular formula is C20H20N4O6S2. The van der Waals surface area contributed by atoms with Crippen LogP contribution in [0.4, 0.5) is 5.00 Å². The molecule has 0 unspecified atom stereocenters. The summed E-state index contributed by atoms with van der Waals surface area (Å²) in [7, 11) is 4.05. The lowest BCUT2D eigenvalue weighted by atomic mass is 10.1. The van der Waals surface area contributed by atoms with Gasteiger partial charge in [0.15, 0.2) is 5.82 Å². The van der Waals surface area contributed by atoms with Gasteiger partial charge in [-0.3, -0.25) is 9.89 Å².